The van der Waals surface area contributed by atoms with Gasteiger partial charge in [-0.15, -0.1) is 0 Å². The second-order valence-electron chi connectivity index (χ2n) is 6.06. The second kappa shape index (κ2) is 7.49. The lowest BCUT2D eigenvalue weighted by atomic mass is 9.95. The van der Waals surface area contributed by atoms with E-state index in [-0.39, 0.29) is 30.1 Å². The predicted molar refractivity (Wildman–Crippen MR) is 87.3 cm³/mol. The summed E-state index contributed by atoms with van der Waals surface area (Å²) in [6.07, 6.45) is 0.911. The summed E-state index contributed by atoms with van der Waals surface area (Å²) in [5.74, 6) is 1.23. The van der Waals surface area contributed by atoms with Crippen LogP contribution in [0.4, 0.5) is 4.39 Å². The van der Waals surface area contributed by atoms with Crippen molar-refractivity contribution in [3.63, 3.8) is 0 Å². The van der Waals surface area contributed by atoms with E-state index < -0.39 is 0 Å². The molecule has 1 aliphatic heterocycles. The molecule has 3 rings (SSSR count). The third-order valence-electron chi connectivity index (χ3n) is 4.18. The summed E-state index contributed by atoms with van der Waals surface area (Å²) in [7, 11) is 0. The highest BCUT2D eigenvalue weighted by Gasteiger charge is 2.24. The molecule has 1 aromatic carbocycles. The van der Waals surface area contributed by atoms with E-state index in [1.54, 1.807) is 24.3 Å². The number of furan rings is 1. The summed E-state index contributed by atoms with van der Waals surface area (Å²) in [5, 5.41) is 6.33. The van der Waals surface area contributed by atoms with Crippen LogP contribution >= 0.6 is 0 Å². The molecule has 5 nitrogen and oxygen atoms in total. The molecule has 1 amide bonds. The smallest absolute Gasteiger partial charge is 0.287 e. The number of hydrogen-bond donors (Lipinski definition) is 2. The van der Waals surface area contributed by atoms with Crippen LogP contribution in [0.5, 0.6) is 5.75 Å². The molecule has 1 aliphatic rings. The highest BCUT2D eigenvalue weighted by molar-refractivity contribution is 5.91. The van der Waals surface area contributed by atoms with Crippen LogP contribution in [-0.4, -0.2) is 25.0 Å². The lowest BCUT2D eigenvalue weighted by Crippen LogP contribution is -2.48. The minimum Gasteiger partial charge on any atom is -0.486 e. The number of piperidine rings is 1. The fourth-order valence-corrected chi connectivity index (χ4v) is 2.73. The van der Waals surface area contributed by atoms with Gasteiger partial charge in [0.2, 0.25) is 0 Å². The quantitative estimate of drug-likeness (QED) is 0.884. The third kappa shape index (κ3) is 4.14. The first-order valence-electron chi connectivity index (χ1n) is 8.10. The number of carbonyl (C=O) groups is 1. The van der Waals surface area contributed by atoms with Crippen LogP contribution in [0, 0.1) is 11.7 Å². The van der Waals surface area contributed by atoms with E-state index in [9.17, 15) is 9.18 Å². The highest BCUT2D eigenvalue weighted by Crippen LogP contribution is 2.16. The molecule has 0 radical (unpaired) electrons. The van der Waals surface area contributed by atoms with Gasteiger partial charge in [0, 0.05) is 6.04 Å². The van der Waals surface area contributed by atoms with Gasteiger partial charge in [-0.05, 0) is 61.8 Å². The first kappa shape index (κ1) is 16.5. The standard InChI is InChI=1S/C18H21FN2O3/c1-12-10-20-9-8-16(12)21-18(22)17-7-6-15(24-17)11-23-14-4-2-13(19)3-5-14/h2-7,12,16,20H,8-11H2,1H3,(H,21,22). The van der Waals surface area contributed by atoms with E-state index >= 15 is 0 Å². The Morgan fingerprint density at radius 3 is 2.88 bits per heavy atom. The molecule has 2 heterocycles. The van der Waals surface area contributed by atoms with Crippen LogP contribution in [0.25, 0.3) is 0 Å². The van der Waals surface area contributed by atoms with Crippen molar-refractivity contribution in [2.45, 2.75) is 26.0 Å². The van der Waals surface area contributed by atoms with Crippen molar-refractivity contribution < 1.29 is 18.3 Å². The van der Waals surface area contributed by atoms with Gasteiger partial charge in [-0.2, -0.15) is 0 Å². The maximum atomic E-state index is 12.8. The average molecular weight is 332 g/mol. The molecule has 128 valence electrons. The van der Waals surface area contributed by atoms with Crippen LogP contribution in [-0.2, 0) is 6.61 Å². The van der Waals surface area contributed by atoms with Gasteiger partial charge < -0.3 is 19.8 Å². The van der Waals surface area contributed by atoms with Gasteiger partial charge in [-0.3, -0.25) is 4.79 Å². The van der Waals surface area contributed by atoms with Crippen molar-refractivity contribution in [1.82, 2.24) is 10.6 Å². The van der Waals surface area contributed by atoms with Crippen molar-refractivity contribution >= 4 is 5.91 Å². The molecule has 2 atom stereocenters. The summed E-state index contributed by atoms with van der Waals surface area (Å²) in [6.45, 7) is 4.11. The summed E-state index contributed by atoms with van der Waals surface area (Å²) < 4.78 is 23.9. The Hall–Kier alpha value is -2.34. The number of ether oxygens (including phenoxy) is 1. The Balaban J connectivity index is 1.54. The Labute approximate surface area is 140 Å². The monoisotopic (exact) mass is 332 g/mol. The van der Waals surface area contributed by atoms with Gasteiger partial charge >= 0.3 is 0 Å². The van der Waals surface area contributed by atoms with E-state index in [1.807, 2.05) is 0 Å². The Kier molecular flexibility index (Phi) is 5.15. The molecule has 1 saturated heterocycles. The molecule has 0 saturated carbocycles. The molecule has 0 bridgehead atoms. The fraction of sp³-hybridized carbons (Fsp3) is 0.389. The van der Waals surface area contributed by atoms with Crippen LogP contribution in [0.2, 0.25) is 0 Å². The topological polar surface area (TPSA) is 63.5 Å². The van der Waals surface area contributed by atoms with Crippen molar-refractivity contribution in [2.24, 2.45) is 5.92 Å². The first-order valence-corrected chi connectivity index (χ1v) is 8.10. The zero-order valence-electron chi connectivity index (χ0n) is 13.5. The van der Waals surface area contributed by atoms with Gasteiger partial charge in [0.05, 0.1) is 0 Å². The molecule has 2 unspecified atom stereocenters. The van der Waals surface area contributed by atoms with Gasteiger partial charge in [-0.1, -0.05) is 6.92 Å². The zero-order chi connectivity index (χ0) is 16.9. The Morgan fingerprint density at radius 2 is 2.12 bits per heavy atom. The SMILES string of the molecule is CC1CNCCC1NC(=O)c1ccc(COc2ccc(F)cc2)o1. The Bertz CT molecular complexity index is 684. The fourth-order valence-electron chi connectivity index (χ4n) is 2.73. The largest absolute Gasteiger partial charge is 0.486 e. The second-order valence-corrected chi connectivity index (χ2v) is 6.06. The van der Waals surface area contributed by atoms with Crippen molar-refractivity contribution in [3.8, 4) is 5.75 Å². The van der Waals surface area contributed by atoms with Crippen LogP contribution < -0.4 is 15.4 Å². The third-order valence-corrected chi connectivity index (χ3v) is 4.18. The van der Waals surface area contributed by atoms with E-state index in [2.05, 4.69) is 17.6 Å². The summed E-state index contributed by atoms with van der Waals surface area (Å²) in [5.41, 5.74) is 0. The van der Waals surface area contributed by atoms with Crippen molar-refractivity contribution in [1.29, 1.82) is 0 Å². The molecule has 2 N–H and O–H groups in total. The average Bonchev–Trinajstić information content (AvgIpc) is 3.06. The number of nitrogens with one attached hydrogen (secondary N) is 2. The van der Waals surface area contributed by atoms with Gasteiger partial charge in [0.25, 0.3) is 5.91 Å². The lowest BCUT2D eigenvalue weighted by molar-refractivity contribution is 0.0882. The molecular formula is C18H21FN2O3. The highest BCUT2D eigenvalue weighted by atomic mass is 19.1. The van der Waals surface area contributed by atoms with Gasteiger partial charge in [-0.25, -0.2) is 4.39 Å². The molecule has 0 aliphatic carbocycles. The number of rotatable bonds is 5. The van der Waals surface area contributed by atoms with Gasteiger partial charge in [0.15, 0.2) is 5.76 Å². The van der Waals surface area contributed by atoms with Crippen molar-refractivity contribution in [3.05, 3.63) is 53.7 Å². The van der Waals surface area contributed by atoms with E-state index in [0.29, 0.717) is 17.4 Å². The molecular weight excluding hydrogens is 311 g/mol. The number of carbonyl (C=O) groups excluding carboxylic acids is 1. The molecule has 1 fully saturated rings. The van der Waals surface area contributed by atoms with E-state index in [4.69, 9.17) is 9.15 Å². The molecule has 24 heavy (non-hydrogen) atoms. The minimum atomic E-state index is -0.313. The number of hydrogen-bond acceptors (Lipinski definition) is 4. The summed E-state index contributed by atoms with van der Waals surface area (Å²) >= 11 is 0. The number of halogens is 1. The van der Waals surface area contributed by atoms with Crippen LogP contribution in [0.1, 0.15) is 29.7 Å². The normalized spacial score (nSPS) is 20.6. The van der Waals surface area contributed by atoms with Gasteiger partial charge in [0.1, 0.15) is 23.9 Å². The van der Waals surface area contributed by atoms with E-state index in [1.165, 1.54) is 12.1 Å². The first-order chi connectivity index (χ1) is 11.6. The summed E-state index contributed by atoms with van der Waals surface area (Å²) in [6, 6.07) is 9.26. The molecule has 6 heteroatoms. The number of benzene rings is 1. The molecule has 0 spiro atoms. The number of amides is 1. The Morgan fingerprint density at radius 1 is 1.33 bits per heavy atom. The van der Waals surface area contributed by atoms with E-state index in [0.717, 1.165) is 19.5 Å². The summed E-state index contributed by atoms with van der Waals surface area (Å²) in [4.78, 5) is 12.3. The minimum absolute atomic E-state index is 0.155. The van der Waals surface area contributed by atoms with Crippen LogP contribution in [0.15, 0.2) is 40.8 Å². The predicted octanol–water partition coefficient (Wildman–Crippen LogP) is 2.73. The van der Waals surface area contributed by atoms with Crippen LogP contribution in [0.3, 0.4) is 0 Å². The lowest BCUT2D eigenvalue weighted by Gasteiger charge is -2.29. The molecule has 2 aromatic rings. The maximum absolute atomic E-state index is 12.8. The molecule has 1 aromatic heterocycles. The maximum Gasteiger partial charge on any atom is 0.287 e. The van der Waals surface area contributed by atoms with Crippen molar-refractivity contribution in [2.75, 3.05) is 13.1 Å². The zero-order valence-corrected chi connectivity index (χ0v) is 13.5.